The number of benzene rings is 2. The Morgan fingerprint density at radius 1 is 0.871 bits per heavy atom. The van der Waals surface area contributed by atoms with Gasteiger partial charge in [-0.2, -0.15) is 10.2 Å². The van der Waals surface area contributed by atoms with Gasteiger partial charge >= 0.3 is 0 Å². The first-order chi connectivity index (χ1) is 14.8. The fraction of sp³-hybridized carbons (Fsp3) is 0.417. The molecular weight excluding hydrogens is 392 g/mol. The van der Waals surface area contributed by atoms with Crippen molar-refractivity contribution in [1.29, 1.82) is 0 Å². The van der Waals surface area contributed by atoms with E-state index in [1.165, 1.54) is 0 Å². The van der Waals surface area contributed by atoms with Gasteiger partial charge in [0.25, 0.3) is 5.91 Å². The summed E-state index contributed by atoms with van der Waals surface area (Å²) in [4.78, 5) is 25.4. The second-order valence-corrected chi connectivity index (χ2v) is 8.30. The minimum absolute atomic E-state index is 0.110. The van der Waals surface area contributed by atoms with Gasteiger partial charge in [-0.25, -0.2) is 0 Å². The van der Waals surface area contributed by atoms with Gasteiger partial charge in [0.05, 0.1) is 24.0 Å². The number of nitrogens with zero attached hydrogens (tertiary/aromatic N) is 2. The third-order valence-corrected chi connectivity index (χ3v) is 4.73. The van der Waals surface area contributed by atoms with Crippen LogP contribution in [0.4, 0.5) is 11.4 Å². The summed E-state index contributed by atoms with van der Waals surface area (Å²) in [5.74, 6) is -0.412. The van der Waals surface area contributed by atoms with Crippen LogP contribution in [-0.2, 0) is 4.79 Å². The van der Waals surface area contributed by atoms with Crippen LogP contribution in [0, 0.1) is 11.8 Å². The Balaban J connectivity index is 2.01. The normalized spacial score (nSPS) is 13.4. The van der Waals surface area contributed by atoms with Crippen molar-refractivity contribution in [2.45, 2.75) is 46.2 Å². The fourth-order valence-corrected chi connectivity index (χ4v) is 3.09. The molecule has 0 aliphatic carbocycles. The lowest BCUT2D eigenvalue weighted by Gasteiger charge is -2.25. The van der Waals surface area contributed by atoms with Gasteiger partial charge in [-0.15, -0.1) is 0 Å². The van der Waals surface area contributed by atoms with Crippen LogP contribution in [0.1, 0.15) is 44.5 Å². The summed E-state index contributed by atoms with van der Waals surface area (Å²) in [6, 6.07) is 15.1. The van der Waals surface area contributed by atoms with Crippen LogP contribution in [0.3, 0.4) is 0 Å². The average Bonchev–Trinajstić information content (AvgIpc) is 2.75. The van der Waals surface area contributed by atoms with Crippen molar-refractivity contribution in [3.05, 3.63) is 60.2 Å². The molecule has 2 atom stereocenters. The van der Waals surface area contributed by atoms with Crippen LogP contribution in [0.25, 0.3) is 0 Å². The van der Waals surface area contributed by atoms with E-state index in [0.29, 0.717) is 23.6 Å². The third kappa shape index (κ3) is 7.94. The molecule has 31 heavy (non-hydrogen) atoms. The summed E-state index contributed by atoms with van der Waals surface area (Å²) < 4.78 is 0. The van der Waals surface area contributed by atoms with Gasteiger partial charge in [-0.1, -0.05) is 45.9 Å². The molecule has 2 aromatic carbocycles. The average molecular weight is 425 g/mol. The lowest BCUT2D eigenvalue weighted by molar-refractivity contribution is -0.125. The van der Waals surface area contributed by atoms with E-state index >= 15 is 0 Å². The Hall–Kier alpha value is -3.06. The van der Waals surface area contributed by atoms with Crippen molar-refractivity contribution < 1.29 is 14.7 Å². The highest BCUT2D eigenvalue weighted by Gasteiger charge is 2.26. The lowest BCUT2D eigenvalue weighted by atomic mass is 10.0. The SMILES string of the molecule is CC(C)C[C@@H](CO)NC(=O)[C@@H](NC(=O)c1ccc(N=Nc2ccccc2)cc1)C(C)C. The predicted octanol–water partition coefficient (Wildman–Crippen LogP) is 4.38. The zero-order valence-electron chi connectivity index (χ0n) is 18.6. The minimum atomic E-state index is -0.703. The molecule has 0 bridgehead atoms. The molecule has 0 spiro atoms. The number of hydrogen-bond acceptors (Lipinski definition) is 5. The van der Waals surface area contributed by atoms with Crippen LogP contribution in [0.2, 0.25) is 0 Å². The fourth-order valence-electron chi connectivity index (χ4n) is 3.09. The maximum Gasteiger partial charge on any atom is 0.251 e. The number of carbonyl (C=O) groups excluding carboxylic acids is 2. The first-order valence-electron chi connectivity index (χ1n) is 10.6. The Labute approximate surface area is 184 Å². The van der Waals surface area contributed by atoms with Gasteiger partial charge in [0.1, 0.15) is 6.04 Å². The second-order valence-electron chi connectivity index (χ2n) is 8.30. The van der Waals surface area contributed by atoms with Gasteiger partial charge < -0.3 is 15.7 Å². The van der Waals surface area contributed by atoms with Crippen LogP contribution in [0.5, 0.6) is 0 Å². The standard InChI is InChI=1S/C24H32N4O3/c1-16(2)14-21(15-29)25-24(31)22(17(3)4)26-23(30)18-10-12-20(13-11-18)28-27-19-8-6-5-7-9-19/h5-13,16-17,21-22,29H,14-15H2,1-4H3,(H,25,31)(H,26,30)/t21-,22-/m0/s1. The highest BCUT2D eigenvalue weighted by atomic mass is 16.3. The highest BCUT2D eigenvalue weighted by Crippen LogP contribution is 2.18. The molecule has 0 aliphatic heterocycles. The first kappa shape index (κ1) is 24.2. The van der Waals surface area contributed by atoms with Crippen LogP contribution in [-0.4, -0.2) is 35.6 Å². The summed E-state index contributed by atoms with van der Waals surface area (Å²) in [5.41, 5.74) is 1.80. The Morgan fingerprint density at radius 2 is 1.45 bits per heavy atom. The van der Waals surface area contributed by atoms with Crippen molar-refractivity contribution in [3.63, 3.8) is 0 Å². The van der Waals surface area contributed by atoms with E-state index in [1.807, 2.05) is 58.0 Å². The van der Waals surface area contributed by atoms with Gasteiger partial charge in [-0.05, 0) is 54.7 Å². The van der Waals surface area contributed by atoms with Gasteiger partial charge in [-0.3, -0.25) is 9.59 Å². The predicted molar refractivity (Wildman–Crippen MR) is 122 cm³/mol. The number of aliphatic hydroxyl groups is 1. The van der Waals surface area contributed by atoms with E-state index in [9.17, 15) is 14.7 Å². The number of aliphatic hydroxyl groups excluding tert-OH is 1. The first-order valence-corrected chi connectivity index (χ1v) is 10.6. The topological polar surface area (TPSA) is 103 Å². The molecule has 0 aromatic heterocycles. The smallest absolute Gasteiger partial charge is 0.251 e. The molecule has 0 aliphatic rings. The number of hydrogen-bond donors (Lipinski definition) is 3. The second kappa shape index (κ2) is 12.0. The van der Waals surface area contributed by atoms with Crippen molar-refractivity contribution in [2.24, 2.45) is 22.1 Å². The van der Waals surface area contributed by atoms with E-state index in [2.05, 4.69) is 20.9 Å². The summed E-state index contributed by atoms with van der Waals surface area (Å²) in [7, 11) is 0. The van der Waals surface area contributed by atoms with Crippen LogP contribution in [0.15, 0.2) is 64.8 Å². The van der Waals surface area contributed by atoms with Gasteiger partial charge in [0.2, 0.25) is 5.91 Å². The summed E-state index contributed by atoms with van der Waals surface area (Å²) in [6.07, 6.45) is 0.667. The molecule has 2 aromatic rings. The number of amides is 2. The van der Waals surface area contributed by atoms with E-state index in [-0.39, 0.29) is 30.4 Å². The van der Waals surface area contributed by atoms with E-state index < -0.39 is 6.04 Å². The molecule has 0 heterocycles. The Bertz CT molecular complexity index is 864. The minimum Gasteiger partial charge on any atom is -0.394 e. The molecule has 0 saturated carbocycles. The van der Waals surface area contributed by atoms with Crippen molar-refractivity contribution >= 4 is 23.2 Å². The molecule has 7 nitrogen and oxygen atoms in total. The molecule has 2 rings (SSSR count). The quantitative estimate of drug-likeness (QED) is 0.493. The van der Waals surface area contributed by atoms with E-state index in [4.69, 9.17) is 0 Å². The molecule has 3 N–H and O–H groups in total. The van der Waals surface area contributed by atoms with Gasteiger partial charge in [0.15, 0.2) is 0 Å². The molecule has 2 amide bonds. The Kier molecular flexibility index (Phi) is 9.34. The van der Waals surface area contributed by atoms with Gasteiger partial charge in [0, 0.05) is 5.56 Å². The summed E-state index contributed by atoms with van der Waals surface area (Å²) in [6.45, 7) is 7.66. The number of azo groups is 1. The summed E-state index contributed by atoms with van der Waals surface area (Å²) in [5, 5.41) is 23.5. The van der Waals surface area contributed by atoms with Crippen LogP contribution < -0.4 is 10.6 Å². The molecule has 7 heteroatoms. The van der Waals surface area contributed by atoms with Crippen molar-refractivity contribution in [3.8, 4) is 0 Å². The molecular formula is C24H32N4O3. The largest absolute Gasteiger partial charge is 0.394 e. The monoisotopic (exact) mass is 424 g/mol. The number of nitrogens with one attached hydrogen (secondary N) is 2. The third-order valence-electron chi connectivity index (χ3n) is 4.73. The Morgan fingerprint density at radius 3 is 1.97 bits per heavy atom. The molecule has 166 valence electrons. The van der Waals surface area contributed by atoms with E-state index in [0.717, 1.165) is 5.69 Å². The maximum atomic E-state index is 12.7. The van der Waals surface area contributed by atoms with Crippen molar-refractivity contribution in [2.75, 3.05) is 6.61 Å². The highest BCUT2D eigenvalue weighted by molar-refractivity contribution is 5.97. The van der Waals surface area contributed by atoms with E-state index in [1.54, 1.807) is 24.3 Å². The lowest BCUT2D eigenvalue weighted by Crippen LogP contribution is -2.53. The number of carbonyl (C=O) groups is 2. The number of rotatable bonds is 10. The molecule has 0 unspecified atom stereocenters. The maximum absolute atomic E-state index is 12.7. The van der Waals surface area contributed by atoms with Crippen molar-refractivity contribution in [1.82, 2.24) is 10.6 Å². The van der Waals surface area contributed by atoms with Crippen LogP contribution >= 0.6 is 0 Å². The molecule has 0 saturated heterocycles. The zero-order chi connectivity index (χ0) is 22.8. The zero-order valence-corrected chi connectivity index (χ0v) is 18.6. The summed E-state index contributed by atoms with van der Waals surface area (Å²) >= 11 is 0. The molecule has 0 radical (unpaired) electrons. The molecule has 0 fully saturated rings.